The molecule has 0 aromatic heterocycles. The third-order valence-electron chi connectivity index (χ3n) is 3.88. The van der Waals surface area contributed by atoms with Gasteiger partial charge in [-0.2, -0.15) is 0 Å². The molecule has 0 radical (unpaired) electrons. The van der Waals surface area contributed by atoms with Crippen LogP contribution in [0.1, 0.15) is 0 Å². The van der Waals surface area contributed by atoms with Crippen LogP contribution in [0, 0.1) is 10.1 Å². The van der Waals surface area contributed by atoms with Crippen molar-refractivity contribution < 1.29 is 14.8 Å². The number of hydrogen-bond acceptors (Lipinski definition) is 6. The number of aliphatic hydroxyl groups is 1. The molecule has 1 amide bonds. The predicted molar refractivity (Wildman–Crippen MR) is 86.7 cm³/mol. The molecule has 1 saturated heterocycles. The van der Waals surface area contributed by atoms with Gasteiger partial charge in [-0.25, -0.2) is 0 Å². The summed E-state index contributed by atoms with van der Waals surface area (Å²) in [6.45, 7) is 2.33. The van der Waals surface area contributed by atoms with Crippen LogP contribution in [0.3, 0.4) is 0 Å². The van der Waals surface area contributed by atoms with Gasteiger partial charge in [0.1, 0.15) is 0 Å². The number of nitro benzene ring substituents is 1. The predicted octanol–water partition coefficient (Wildman–Crippen LogP) is 0.795. The molecule has 1 atom stereocenters. The second kappa shape index (κ2) is 7.69. The Balaban J connectivity index is 1.93. The standard InChI is InChI=1S/C14H19ClN4O4/c1-17-4-5-18(7-11(17)9-20)8-14(21)16-13-3-2-10(19(22)23)6-12(13)15/h2-3,6,11,20H,4-5,7-9H2,1H3,(H,16,21). The minimum atomic E-state index is -0.545. The van der Waals surface area contributed by atoms with Crippen molar-refractivity contribution in [3.63, 3.8) is 0 Å². The molecule has 1 aromatic rings. The lowest BCUT2D eigenvalue weighted by Crippen LogP contribution is -2.54. The molecule has 126 valence electrons. The van der Waals surface area contributed by atoms with Crippen molar-refractivity contribution in [2.75, 3.05) is 45.2 Å². The number of hydrogen-bond donors (Lipinski definition) is 2. The molecule has 1 heterocycles. The second-order valence-electron chi connectivity index (χ2n) is 5.52. The van der Waals surface area contributed by atoms with E-state index >= 15 is 0 Å². The molecular formula is C14H19ClN4O4. The summed E-state index contributed by atoms with van der Waals surface area (Å²) in [5.41, 5.74) is 0.216. The SMILES string of the molecule is CN1CCN(CC(=O)Nc2ccc([N+](=O)[O-])cc2Cl)CC1CO. The largest absolute Gasteiger partial charge is 0.395 e. The first kappa shape index (κ1) is 17.6. The number of nitro groups is 1. The molecule has 2 N–H and O–H groups in total. The van der Waals surface area contributed by atoms with E-state index in [9.17, 15) is 20.0 Å². The zero-order chi connectivity index (χ0) is 17.0. The highest BCUT2D eigenvalue weighted by molar-refractivity contribution is 6.34. The minimum absolute atomic E-state index is 0.0134. The van der Waals surface area contributed by atoms with Crippen LogP contribution in [-0.4, -0.2) is 71.6 Å². The number of carbonyl (C=O) groups is 1. The summed E-state index contributed by atoms with van der Waals surface area (Å²) in [7, 11) is 1.94. The van der Waals surface area contributed by atoms with Gasteiger partial charge in [-0.05, 0) is 13.1 Å². The fourth-order valence-electron chi connectivity index (χ4n) is 2.46. The van der Waals surface area contributed by atoms with Gasteiger partial charge in [0.25, 0.3) is 5.69 Å². The number of amides is 1. The molecule has 1 aliphatic rings. The summed E-state index contributed by atoms with van der Waals surface area (Å²) in [4.78, 5) is 26.2. The quantitative estimate of drug-likeness (QED) is 0.606. The Hall–Kier alpha value is -1.74. The van der Waals surface area contributed by atoms with Gasteiger partial charge in [0, 0.05) is 37.8 Å². The van der Waals surface area contributed by atoms with Crippen molar-refractivity contribution in [2.45, 2.75) is 6.04 Å². The molecule has 2 rings (SSSR count). The van der Waals surface area contributed by atoms with Gasteiger partial charge in [-0.15, -0.1) is 0 Å². The van der Waals surface area contributed by atoms with Crippen LogP contribution >= 0.6 is 11.6 Å². The van der Waals surface area contributed by atoms with Crippen LogP contribution in [0.2, 0.25) is 5.02 Å². The fraction of sp³-hybridized carbons (Fsp3) is 0.500. The first-order chi connectivity index (χ1) is 10.9. The summed E-state index contributed by atoms with van der Waals surface area (Å²) < 4.78 is 0. The number of carbonyl (C=O) groups excluding carboxylic acids is 1. The van der Waals surface area contributed by atoms with Gasteiger partial charge in [-0.1, -0.05) is 11.6 Å². The molecule has 9 heteroatoms. The lowest BCUT2D eigenvalue weighted by molar-refractivity contribution is -0.384. The number of non-ortho nitro benzene ring substituents is 1. The Kier molecular flexibility index (Phi) is 5.89. The molecule has 1 unspecified atom stereocenters. The van der Waals surface area contributed by atoms with Crippen LogP contribution in [0.25, 0.3) is 0 Å². The van der Waals surface area contributed by atoms with E-state index in [1.807, 2.05) is 11.9 Å². The number of nitrogens with zero attached hydrogens (tertiary/aromatic N) is 3. The molecule has 1 fully saturated rings. The van der Waals surface area contributed by atoms with E-state index in [4.69, 9.17) is 11.6 Å². The topological polar surface area (TPSA) is 99.0 Å². The first-order valence-electron chi connectivity index (χ1n) is 7.18. The minimum Gasteiger partial charge on any atom is -0.395 e. The van der Waals surface area contributed by atoms with Gasteiger partial charge in [0.15, 0.2) is 0 Å². The monoisotopic (exact) mass is 342 g/mol. The van der Waals surface area contributed by atoms with Gasteiger partial charge in [0.2, 0.25) is 5.91 Å². The summed E-state index contributed by atoms with van der Waals surface area (Å²) in [5.74, 6) is -0.248. The highest BCUT2D eigenvalue weighted by Gasteiger charge is 2.25. The van der Waals surface area contributed by atoms with E-state index in [-0.39, 0.29) is 35.8 Å². The number of aliphatic hydroxyl groups excluding tert-OH is 1. The van der Waals surface area contributed by atoms with E-state index < -0.39 is 4.92 Å². The normalized spacial score (nSPS) is 19.5. The Morgan fingerprint density at radius 2 is 2.26 bits per heavy atom. The van der Waals surface area contributed by atoms with E-state index in [0.29, 0.717) is 12.2 Å². The van der Waals surface area contributed by atoms with Gasteiger partial charge >= 0.3 is 0 Å². The molecule has 1 aliphatic heterocycles. The Labute approximate surface area is 138 Å². The van der Waals surface area contributed by atoms with Crippen molar-refractivity contribution in [3.8, 4) is 0 Å². The Bertz CT molecular complexity index is 598. The average molecular weight is 343 g/mol. The number of anilines is 1. The third kappa shape index (κ3) is 4.61. The summed E-state index contributed by atoms with van der Waals surface area (Å²) in [5, 5.41) is 22.8. The highest BCUT2D eigenvalue weighted by Crippen LogP contribution is 2.26. The molecule has 0 spiro atoms. The maximum atomic E-state index is 12.1. The summed E-state index contributed by atoms with van der Waals surface area (Å²) >= 11 is 5.95. The second-order valence-corrected chi connectivity index (χ2v) is 5.93. The number of halogens is 1. The van der Waals surface area contributed by atoms with Crippen molar-refractivity contribution in [2.24, 2.45) is 0 Å². The van der Waals surface area contributed by atoms with Crippen molar-refractivity contribution >= 4 is 28.9 Å². The Morgan fingerprint density at radius 3 is 2.87 bits per heavy atom. The smallest absolute Gasteiger partial charge is 0.271 e. The lowest BCUT2D eigenvalue weighted by atomic mass is 10.2. The van der Waals surface area contributed by atoms with Crippen molar-refractivity contribution in [1.82, 2.24) is 9.80 Å². The number of benzene rings is 1. The van der Waals surface area contributed by atoms with Gasteiger partial charge in [0.05, 0.1) is 28.8 Å². The Morgan fingerprint density at radius 1 is 1.52 bits per heavy atom. The van der Waals surface area contributed by atoms with Crippen molar-refractivity contribution in [1.29, 1.82) is 0 Å². The highest BCUT2D eigenvalue weighted by atomic mass is 35.5. The summed E-state index contributed by atoms with van der Waals surface area (Å²) in [6.07, 6.45) is 0. The van der Waals surface area contributed by atoms with Crippen molar-refractivity contribution in [3.05, 3.63) is 33.3 Å². The maximum Gasteiger partial charge on any atom is 0.271 e. The number of likely N-dealkylation sites (N-methyl/N-ethyl adjacent to an activating group) is 1. The molecular weight excluding hydrogens is 324 g/mol. The fourth-order valence-corrected chi connectivity index (χ4v) is 2.68. The average Bonchev–Trinajstić information content (AvgIpc) is 2.51. The zero-order valence-corrected chi connectivity index (χ0v) is 13.5. The van der Waals surface area contributed by atoms with E-state index in [0.717, 1.165) is 13.1 Å². The first-order valence-corrected chi connectivity index (χ1v) is 7.55. The number of nitrogens with one attached hydrogen (secondary N) is 1. The molecule has 0 saturated carbocycles. The zero-order valence-electron chi connectivity index (χ0n) is 12.7. The molecule has 8 nitrogen and oxygen atoms in total. The molecule has 1 aromatic carbocycles. The van der Waals surface area contributed by atoms with Crippen LogP contribution in [0.5, 0.6) is 0 Å². The van der Waals surface area contributed by atoms with Crippen LogP contribution < -0.4 is 5.32 Å². The van der Waals surface area contributed by atoms with Crippen LogP contribution in [0.15, 0.2) is 18.2 Å². The van der Waals surface area contributed by atoms with Gasteiger partial charge < -0.3 is 10.4 Å². The third-order valence-corrected chi connectivity index (χ3v) is 4.19. The number of rotatable bonds is 5. The van der Waals surface area contributed by atoms with E-state index in [1.54, 1.807) is 0 Å². The van der Waals surface area contributed by atoms with Gasteiger partial charge in [-0.3, -0.25) is 24.7 Å². The lowest BCUT2D eigenvalue weighted by Gasteiger charge is -2.38. The number of piperazine rings is 1. The van der Waals surface area contributed by atoms with Crippen LogP contribution in [0.4, 0.5) is 11.4 Å². The van der Waals surface area contributed by atoms with Crippen LogP contribution in [-0.2, 0) is 4.79 Å². The molecule has 0 aliphatic carbocycles. The van der Waals surface area contributed by atoms with E-state index in [2.05, 4.69) is 10.2 Å². The van der Waals surface area contributed by atoms with E-state index in [1.165, 1.54) is 18.2 Å². The molecule has 23 heavy (non-hydrogen) atoms. The molecule has 0 bridgehead atoms. The maximum absolute atomic E-state index is 12.1. The summed E-state index contributed by atoms with van der Waals surface area (Å²) in [6, 6.07) is 3.92.